The van der Waals surface area contributed by atoms with E-state index in [-0.39, 0.29) is 31.4 Å². The number of nitrogens with one attached hydrogen (secondary N) is 1. The molecule has 0 spiro atoms. The van der Waals surface area contributed by atoms with Crippen LogP contribution >= 0.6 is 0 Å². The molecule has 7 nitrogen and oxygen atoms in total. The molecular formula is C22H28FN3O4S. The quantitative estimate of drug-likeness (QED) is 0.672. The van der Waals surface area contributed by atoms with Gasteiger partial charge in [-0.25, -0.2) is 4.39 Å². The molecule has 1 N–H and O–H groups in total. The molecule has 1 fully saturated rings. The maximum atomic E-state index is 13.8. The van der Waals surface area contributed by atoms with E-state index in [9.17, 15) is 17.6 Å². The molecule has 1 saturated heterocycles. The number of rotatable bonds is 8. The SMILES string of the molecule is CCN(c1ccc(OC)cc1)S(=O)(=O)N1CCCC(C(=O)NCc2ccccc2F)C1. The molecule has 0 bridgehead atoms. The second-order valence-electron chi connectivity index (χ2n) is 7.38. The van der Waals surface area contributed by atoms with Gasteiger partial charge >= 0.3 is 10.2 Å². The first-order valence-electron chi connectivity index (χ1n) is 10.3. The third-order valence-electron chi connectivity index (χ3n) is 5.42. The lowest BCUT2D eigenvalue weighted by atomic mass is 9.98. The predicted octanol–water partition coefficient (Wildman–Crippen LogP) is 2.93. The van der Waals surface area contributed by atoms with Crippen molar-refractivity contribution in [3.05, 3.63) is 59.9 Å². The molecule has 2 aromatic carbocycles. The van der Waals surface area contributed by atoms with E-state index in [2.05, 4.69) is 5.32 Å². The number of anilines is 1. The predicted molar refractivity (Wildman–Crippen MR) is 117 cm³/mol. The van der Waals surface area contributed by atoms with E-state index in [0.29, 0.717) is 36.4 Å². The minimum Gasteiger partial charge on any atom is -0.497 e. The van der Waals surface area contributed by atoms with Gasteiger partial charge in [-0.05, 0) is 50.1 Å². The van der Waals surface area contributed by atoms with Crippen molar-refractivity contribution in [1.29, 1.82) is 0 Å². The van der Waals surface area contributed by atoms with Gasteiger partial charge < -0.3 is 10.1 Å². The number of halogens is 1. The first kappa shape index (κ1) is 23.0. The van der Waals surface area contributed by atoms with Crippen molar-refractivity contribution in [3.63, 3.8) is 0 Å². The highest BCUT2D eigenvalue weighted by Gasteiger charge is 2.35. The van der Waals surface area contributed by atoms with E-state index >= 15 is 0 Å². The Balaban J connectivity index is 1.68. The minimum absolute atomic E-state index is 0.0711. The molecule has 1 atom stereocenters. The summed E-state index contributed by atoms with van der Waals surface area (Å²) in [5, 5.41) is 2.74. The fourth-order valence-electron chi connectivity index (χ4n) is 3.70. The van der Waals surface area contributed by atoms with Crippen LogP contribution in [0.15, 0.2) is 48.5 Å². The van der Waals surface area contributed by atoms with Crippen molar-refractivity contribution in [3.8, 4) is 5.75 Å². The average Bonchev–Trinajstić information content (AvgIpc) is 2.79. The van der Waals surface area contributed by atoms with Gasteiger partial charge in [-0.1, -0.05) is 18.2 Å². The lowest BCUT2D eigenvalue weighted by molar-refractivity contribution is -0.126. The third kappa shape index (κ3) is 5.34. The van der Waals surface area contributed by atoms with Gasteiger partial charge in [0.05, 0.1) is 18.7 Å². The van der Waals surface area contributed by atoms with Crippen molar-refractivity contribution in [2.24, 2.45) is 5.92 Å². The molecule has 9 heteroatoms. The van der Waals surface area contributed by atoms with Crippen molar-refractivity contribution >= 4 is 21.8 Å². The van der Waals surface area contributed by atoms with Crippen LogP contribution in [-0.4, -0.2) is 45.4 Å². The molecule has 0 aromatic heterocycles. The number of carbonyl (C=O) groups excluding carboxylic acids is 1. The van der Waals surface area contributed by atoms with E-state index < -0.39 is 16.1 Å². The van der Waals surface area contributed by atoms with Gasteiger partial charge in [-0.2, -0.15) is 12.7 Å². The third-order valence-corrected chi connectivity index (χ3v) is 7.43. The van der Waals surface area contributed by atoms with Crippen LogP contribution in [0.3, 0.4) is 0 Å². The summed E-state index contributed by atoms with van der Waals surface area (Å²) in [6.45, 7) is 2.55. The Morgan fingerprint density at radius 2 is 1.94 bits per heavy atom. The molecule has 31 heavy (non-hydrogen) atoms. The van der Waals surface area contributed by atoms with Crippen LogP contribution in [0.1, 0.15) is 25.3 Å². The number of benzene rings is 2. The maximum Gasteiger partial charge on any atom is 0.304 e. The highest BCUT2D eigenvalue weighted by molar-refractivity contribution is 7.90. The molecule has 1 aliphatic rings. The Hall–Kier alpha value is -2.65. The molecule has 0 saturated carbocycles. The highest BCUT2D eigenvalue weighted by Crippen LogP contribution is 2.27. The van der Waals surface area contributed by atoms with E-state index in [4.69, 9.17) is 4.74 Å². The molecule has 1 amide bonds. The smallest absolute Gasteiger partial charge is 0.304 e. The van der Waals surface area contributed by atoms with Crippen LogP contribution < -0.4 is 14.4 Å². The monoisotopic (exact) mass is 449 g/mol. The number of hydrogen-bond donors (Lipinski definition) is 1. The normalized spacial score (nSPS) is 17.2. The zero-order valence-electron chi connectivity index (χ0n) is 17.8. The number of methoxy groups -OCH3 is 1. The lowest BCUT2D eigenvalue weighted by Gasteiger charge is -2.35. The van der Waals surface area contributed by atoms with E-state index in [1.54, 1.807) is 56.5 Å². The molecule has 1 aliphatic heterocycles. The Morgan fingerprint density at radius 3 is 2.58 bits per heavy atom. The highest BCUT2D eigenvalue weighted by atomic mass is 32.2. The Morgan fingerprint density at radius 1 is 1.23 bits per heavy atom. The van der Waals surface area contributed by atoms with Gasteiger partial charge in [0.2, 0.25) is 5.91 Å². The molecule has 3 rings (SSSR count). The maximum absolute atomic E-state index is 13.8. The number of hydrogen-bond acceptors (Lipinski definition) is 4. The summed E-state index contributed by atoms with van der Waals surface area (Å²) in [6.07, 6.45) is 1.17. The van der Waals surface area contributed by atoms with E-state index in [1.165, 1.54) is 14.7 Å². The van der Waals surface area contributed by atoms with Gasteiger partial charge in [-0.3, -0.25) is 9.10 Å². The first-order chi connectivity index (χ1) is 14.9. The second kappa shape index (κ2) is 10.1. The van der Waals surface area contributed by atoms with Crippen molar-refractivity contribution < 1.29 is 22.3 Å². The van der Waals surface area contributed by atoms with Gasteiger partial charge in [0.25, 0.3) is 0 Å². The number of carbonyl (C=O) groups is 1. The summed E-state index contributed by atoms with van der Waals surface area (Å²) < 4.78 is 48.2. The summed E-state index contributed by atoms with van der Waals surface area (Å²) in [5.74, 6) is -0.490. The summed E-state index contributed by atoms with van der Waals surface area (Å²) in [7, 11) is -2.25. The molecule has 1 unspecified atom stereocenters. The average molecular weight is 450 g/mol. The molecule has 168 valence electrons. The van der Waals surface area contributed by atoms with Crippen LogP contribution in [0, 0.1) is 11.7 Å². The fourth-order valence-corrected chi connectivity index (χ4v) is 5.42. The molecule has 0 aliphatic carbocycles. The molecular weight excluding hydrogens is 421 g/mol. The first-order valence-corrected chi connectivity index (χ1v) is 11.7. The summed E-state index contributed by atoms with van der Waals surface area (Å²) in [4.78, 5) is 12.7. The Kier molecular flexibility index (Phi) is 7.50. The Labute approximate surface area is 183 Å². The molecule has 0 radical (unpaired) electrons. The number of amides is 1. The zero-order chi connectivity index (χ0) is 22.4. The Bertz CT molecular complexity index is 998. The van der Waals surface area contributed by atoms with Crippen molar-refractivity contribution in [2.45, 2.75) is 26.3 Å². The summed E-state index contributed by atoms with van der Waals surface area (Å²) >= 11 is 0. The second-order valence-corrected chi connectivity index (χ2v) is 9.23. The minimum atomic E-state index is -3.80. The van der Waals surface area contributed by atoms with E-state index in [0.717, 1.165) is 0 Å². The fraction of sp³-hybridized carbons (Fsp3) is 0.409. The van der Waals surface area contributed by atoms with Crippen molar-refractivity contribution in [2.75, 3.05) is 31.0 Å². The number of nitrogens with zero attached hydrogens (tertiary/aromatic N) is 2. The van der Waals surface area contributed by atoms with Crippen LogP contribution in [0.2, 0.25) is 0 Å². The molecule has 2 aromatic rings. The van der Waals surface area contributed by atoms with Gasteiger partial charge in [0.15, 0.2) is 0 Å². The largest absolute Gasteiger partial charge is 0.497 e. The lowest BCUT2D eigenvalue weighted by Crippen LogP contribution is -2.50. The van der Waals surface area contributed by atoms with Gasteiger partial charge in [0.1, 0.15) is 11.6 Å². The van der Waals surface area contributed by atoms with E-state index in [1.807, 2.05) is 0 Å². The van der Waals surface area contributed by atoms with Crippen LogP contribution in [-0.2, 0) is 21.5 Å². The molecule has 1 heterocycles. The standard InChI is InChI=1S/C22H28FN3O4S/c1-3-26(19-10-12-20(30-2)13-11-19)31(28,29)25-14-6-8-18(16-25)22(27)24-15-17-7-4-5-9-21(17)23/h4-5,7,9-13,18H,3,6,8,14-16H2,1-2H3,(H,24,27). The van der Waals surface area contributed by atoms with Crippen LogP contribution in [0.4, 0.5) is 10.1 Å². The zero-order valence-corrected chi connectivity index (χ0v) is 18.6. The number of ether oxygens (including phenoxy) is 1. The van der Waals surface area contributed by atoms with Gasteiger partial charge in [0, 0.05) is 31.7 Å². The topological polar surface area (TPSA) is 79.0 Å². The summed E-state index contributed by atoms with van der Waals surface area (Å²) in [6, 6.07) is 13.1. The number of piperidine rings is 1. The van der Waals surface area contributed by atoms with Gasteiger partial charge in [-0.15, -0.1) is 0 Å². The summed E-state index contributed by atoms with van der Waals surface area (Å²) in [5.41, 5.74) is 0.933. The van der Waals surface area contributed by atoms with Crippen LogP contribution in [0.5, 0.6) is 5.75 Å². The van der Waals surface area contributed by atoms with Crippen molar-refractivity contribution in [1.82, 2.24) is 9.62 Å². The van der Waals surface area contributed by atoms with Crippen LogP contribution in [0.25, 0.3) is 0 Å².